The molecule has 0 aliphatic carbocycles. The second-order valence-corrected chi connectivity index (χ2v) is 9.64. The fraction of sp³-hybridized carbons (Fsp3) is 0.462. The number of aromatic amines is 1. The summed E-state index contributed by atoms with van der Waals surface area (Å²) in [5, 5.41) is 11.2. The number of nitrogens with zero attached hydrogens (tertiary/aromatic N) is 4. The van der Waals surface area contributed by atoms with Crippen LogP contribution in [0.15, 0.2) is 48.5 Å². The molecule has 1 saturated heterocycles. The average molecular weight is 558 g/mol. The van der Waals surface area contributed by atoms with Crippen molar-refractivity contribution in [2.45, 2.75) is 50.8 Å². The van der Waals surface area contributed by atoms with E-state index in [4.69, 9.17) is 9.47 Å². The molecule has 0 radical (unpaired) electrons. The molecule has 3 unspecified atom stereocenters. The van der Waals surface area contributed by atoms with Gasteiger partial charge in [-0.2, -0.15) is 41.8 Å². The molecule has 39 heavy (non-hydrogen) atoms. The zero-order valence-corrected chi connectivity index (χ0v) is 21.6. The van der Waals surface area contributed by atoms with Crippen molar-refractivity contribution < 1.29 is 35.8 Å². The summed E-state index contributed by atoms with van der Waals surface area (Å²) in [6.07, 6.45) is -12.0. The Bertz CT molecular complexity index is 1200. The van der Waals surface area contributed by atoms with Crippen molar-refractivity contribution in [2.24, 2.45) is 0 Å². The lowest BCUT2D eigenvalue weighted by atomic mass is 10.0. The molecule has 1 aromatic heterocycles. The van der Waals surface area contributed by atoms with Crippen LogP contribution in [-0.2, 0) is 34.9 Å². The van der Waals surface area contributed by atoms with Gasteiger partial charge >= 0.3 is 12.4 Å². The summed E-state index contributed by atoms with van der Waals surface area (Å²) < 4.78 is 92.6. The number of nitrogens with one attached hydrogen (secondary N) is 1. The molecule has 0 spiro atoms. The molecule has 0 amide bonds. The minimum absolute atomic E-state index is 0.102. The number of ether oxygens (including phenoxy) is 2. The highest BCUT2D eigenvalue weighted by molar-refractivity contribution is 5.34. The molecule has 13 heteroatoms. The van der Waals surface area contributed by atoms with Gasteiger partial charge in [-0.3, -0.25) is 4.90 Å². The van der Waals surface area contributed by atoms with Gasteiger partial charge in [0.05, 0.1) is 29.9 Å². The maximum absolute atomic E-state index is 13.4. The number of benzene rings is 2. The van der Waals surface area contributed by atoms with E-state index in [2.05, 4.69) is 20.3 Å². The largest absolute Gasteiger partial charge is 0.416 e. The SMILES string of the molecule is CC(OC1OCCN(Cc2n[nH]nc2CN(C)C)C1c1ccccc1)c1cc(C(F)(F)F)cc(C(F)(F)F)c1. The van der Waals surface area contributed by atoms with E-state index < -0.39 is 41.9 Å². The van der Waals surface area contributed by atoms with Crippen molar-refractivity contribution in [1.82, 2.24) is 25.2 Å². The molecular weight excluding hydrogens is 528 g/mol. The monoisotopic (exact) mass is 557 g/mol. The number of H-pyrrole nitrogens is 1. The van der Waals surface area contributed by atoms with Gasteiger partial charge in [-0.25, -0.2) is 0 Å². The van der Waals surface area contributed by atoms with Crippen LogP contribution >= 0.6 is 0 Å². The van der Waals surface area contributed by atoms with Crippen LogP contribution in [0.1, 0.15) is 52.7 Å². The highest BCUT2D eigenvalue weighted by Gasteiger charge is 2.39. The standard InChI is InChI=1S/C26H29F6N5O2/c1-16(18-11-19(25(27,28)29)13-20(12-18)26(30,31)32)39-24-23(17-7-5-4-6-8-17)37(9-10-38-24)15-22-21(14-36(2)3)33-35-34-22/h4-8,11-13,16,23-24H,9-10,14-15H2,1-3H3,(H,33,34,35). The first-order valence-electron chi connectivity index (χ1n) is 12.2. The summed E-state index contributed by atoms with van der Waals surface area (Å²) in [6, 6.07) is 10.2. The van der Waals surface area contributed by atoms with Crippen LogP contribution in [0.4, 0.5) is 26.3 Å². The number of hydrogen-bond donors (Lipinski definition) is 1. The molecule has 4 rings (SSSR count). The number of alkyl halides is 6. The van der Waals surface area contributed by atoms with Crippen LogP contribution in [-0.4, -0.2) is 58.7 Å². The third-order valence-corrected chi connectivity index (χ3v) is 6.39. The van der Waals surface area contributed by atoms with E-state index in [0.717, 1.165) is 11.3 Å². The fourth-order valence-electron chi connectivity index (χ4n) is 4.51. The molecule has 212 valence electrons. The van der Waals surface area contributed by atoms with Crippen LogP contribution < -0.4 is 0 Å². The van der Waals surface area contributed by atoms with E-state index in [0.29, 0.717) is 37.5 Å². The van der Waals surface area contributed by atoms with Crippen molar-refractivity contribution in [1.29, 1.82) is 0 Å². The molecule has 0 saturated carbocycles. The topological polar surface area (TPSA) is 66.5 Å². The molecule has 7 nitrogen and oxygen atoms in total. The predicted molar refractivity (Wildman–Crippen MR) is 129 cm³/mol. The third-order valence-electron chi connectivity index (χ3n) is 6.39. The third kappa shape index (κ3) is 7.15. The van der Waals surface area contributed by atoms with Crippen molar-refractivity contribution >= 4 is 0 Å². The van der Waals surface area contributed by atoms with Crippen LogP contribution in [0.3, 0.4) is 0 Å². The highest BCUT2D eigenvalue weighted by atomic mass is 19.4. The van der Waals surface area contributed by atoms with E-state index in [9.17, 15) is 26.3 Å². The number of hydrogen-bond acceptors (Lipinski definition) is 6. The van der Waals surface area contributed by atoms with E-state index in [1.54, 1.807) is 0 Å². The lowest BCUT2D eigenvalue weighted by molar-refractivity contribution is -0.231. The molecule has 0 bridgehead atoms. The minimum Gasteiger partial charge on any atom is -0.349 e. The lowest BCUT2D eigenvalue weighted by Gasteiger charge is -2.42. The van der Waals surface area contributed by atoms with Gasteiger partial charge in [0.15, 0.2) is 6.29 Å². The Morgan fingerprint density at radius 2 is 1.62 bits per heavy atom. The first-order chi connectivity index (χ1) is 18.3. The zero-order chi connectivity index (χ0) is 28.4. The number of morpholine rings is 1. The normalized spacial score (nSPS) is 19.9. The van der Waals surface area contributed by atoms with Gasteiger partial charge in [-0.15, -0.1) is 0 Å². The average Bonchev–Trinajstić information content (AvgIpc) is 3.29. The molecular formula is C26H29F6N5O2. The lowest BCUT2D eigenvalue weighted by Crippen LogP contribution is -2.46. The quantitative estimate of drug-likeness (QED) is 0.365. The van der Waals surface area contributed by atoms with E-state index >= 15 is 0 Å². The van der Waals surface area contributed by atoms with E-state index in [1.807, 2.05) is 49.3 Å². The molecule has 1 aliphatic rings. The predicted octanol–water partition coefficient (Wildman–Crippen LogP) is 5.58. The maximum atomic E-state index is 13.4. The zero-order valence-electron chi connectivity index (χ0n) is 21.6. The van der Waals surface area contributed by atoms with Crippen LogP contribution in [0.2, 0.25) is 0 Å². The van der Waals surface area contributed by atoms with Crippen molar-refractivity contribution in [2.75, 3.05) is 27.2 Å². The molecule has 3 atom stereocenters. The molecule has 1 N–H and O–H groups in total. The summed E-state index contributed by atoms with van der Waals surface area (Å²) in [4.78, 5) is 4.01. The molecule has 1 aliphatic heterocycles. The molecule has 2 heterocycles. The van der Waals surface area contributed by atoms with Crippen LogP contribution in [0.5, 0.6) is 0 Å². The summed E-state index contributed by atoms with van der Waals surface area (Å²) in [6.45, 7) is 3.06. The van der Waals surface area contributed by atoms with Gasteiger partial charge in [0, 0.05) is 19.6 Å². The Morgan fingerprint density at radius 1 is 1.00 bits per heavy atom. The van der Waals surface area contributed by atoms with Gasteiger partial charge in [0.25, 0.3) is 0 Å². The Hall–Kier alpha value is -3.00. The van der Waals surface area contributed by atoms with Crippen molar-refractivity contribution in [3.05, 3.63) is 82.2 Å². The summed E-state index contributed by atoms with van der Waals surface area (Å²) in [5.41, 5.74) is -0.763. The first-order valence-corrected chi connectivity index (χ1v) is 12.2. The Morgan fingerprint density at radius 3 is 2.21 bits per heavy atom. The minimum atomic E-state index is -4.96. The second kappa shape index (κ2) is 11.6. The van der Waals surface area contributed by atoms with E-state index in [-0.39, 0.29) is 18.2 Å². The van der Waals surface area contributed by atoms with Crippen LogP contribution in [0.25, 0.3) is 0 Å². The summed E-state index contributed by atoms with van der Waals surface area (Å²) >= 11 is 0. The number of aromatic nitrogens is 3. The Kier molecular flexibility index (Phi) is 8.64. The Balaban J connectivity index is 1.64. The van der Waals surface area contributed by atoms with Crippen molar-refractivity contribution in [3.8, 4) is 0 Å². The molecule has 3 aromatic rings. The number of halogens is 6. The molecule has 2 aromatic carbocycles. The first kappa shape index (κ1) is 29.0. The summed E-state index contributed by atoms with van der Waals surface area (Å²) in [5.74, 6) is 0. The van der Waals surface area contributed by atoms with Gasteiger partial charge in [-0.05, 0) is 50.3 Å². The fourth-order valence-corrected chi connectivity index (χ4v) is 4.51. The van der Waals surface area contributed by atoms with Gasteiger partial charge in [-0.1, -0.05) is 30.3 Å². The van der Waals surface area contributed by atoms with E-state index in [1.165, 1.54) is 6.92 Å². The molecule has 1 fully saturated rings. The van der Waals surface area contributed by atoms with Gasteiger partial charge in [0.2, 0.25) is 0 Å². The van der Waals surface area contributed by atoms with Gasteiger partial charge in [0.1, 0.15) is 11.4 Å². The Labute approximate surface area is 221 Å². The van der Waals surface area contributed by atoms with Crippen molar-refractivity contribution in [3.63, 3.8) is 0 Å². The second-order valence-electron chi connectivity index (χ2n) is 9.64. The number of rotatable bonds is 8. The maximum Gasteiger partial charge on any atom is 0.416 e. The van der Waals surface area contributed by atoms with Gasteiger partial charge < -0.3 is 14.4 Å². The summed E-state index contributed by atoms with van der Waals surface area (Å²) in [7, 11) is 3.81. The van der Waals surface area contributed by atoms with Crippen LogP contribution in [0, 0.1) is 0 Å². The highest BCUT2D eigenvalue weighted by Crippen LogP contribution is 2.39. The smallest absolute Gasteiger partial charge is 0.349 e.